The molecule has 6 heteroatoms. The van der Waals surface area contributed by atoms with Crippen molar-refractivity contribution in [1.82, 2.24) is 15.0 Å². The van der Waals surface area contributed by atoms with Crippen molar-refractivity contribution < 1.29 is 14.1 Å². The van der Waals surface area contributed by atoms with Crippen molar-refractivity contribution in [2.45, 2.75) is 39.7 Å². The van der Waals surface area contributed by atoms with Gasteiger partial charge < -0.3 is 14.2 Å². The Morgan fingerprint density at radius 3 is 2.38 bits per heavy atom. The van der Waals surface area contributed by atoms with Crippen LogP contribution < -0.4 is 4.74 Å². The molecule has 0 spiro atoms. The predicted octanol–water partition coefficient (Wildman–Crippen LogP) is 4.29. The third kappa shape index (κ3) is 5.67. The molecule has 152 valence electrons. The highest BCUT2D eigenvalue weighted by atomic mass is 16.5. The van der Waals surface area contributed by atoms with E-state index in [4.69, 9.17) is 9.26 Å². The fourth-order valence-corrected chi connectivity index (χ4v) is 2.99. The van der Waals surface area contributed by atoms with Crippen LogP contribution in [-0.4, -0.2) is 34.6 Å². The molecule has 0 aliphatic rings. The standard InChI is InChI=1S/C23H27N3O3/c1-4-17-6-10-19(11-7-17)23-24-21(29-25-23)14-15-22(27)26(3)16-18-8-12-20(13-9-18)28-5-2/h6-13H,4-5,14-16H2,1-3H3. The highest BCUT2D eigenvalue weighted by Gasteiger charge is 2.14. The number of benzene rings is 2. The van der Waals surface area contributed by atoms with Crippen LogP contribution in [0, 0.1) is 0 Å². The van der Waals surface area contributed by atoms with E-state index in [0.717, 1.165) is 23.3 Å². The minimum absolute atomic E-state index is 0.0333. The van der Waals surface area contributed by atoms with Crippen molar-refractivity contribution in [2.75, 3.05) is 13.7 Å². The zero-order chi connectivity index (χ0) is 20.6. The van der Waals surface area contributed by atoms with Gasteiger partial charge in [0.15, 0.2) is 0 Å². The number of aryl methyl sites for hydroxylation is 2. The van der Waals surface area contributed by atoms with Crippen LogP contribution in [0.4, 0.5) is 0 Å². The van der Waals surface area contributed by atoms with E-state index in [9.17, 15) is 4.79 Å². The van der Waals surface area contributed by atoms with Gasteiger partial charge in [-0.3, -0.25) is 4.79 Å². The van der Waals surface area contributed by atoms with E-state index in [1.807, 2.05) is 43.3 Å². The normalized spacial score (nSPS) is 10.7. The van der Waals surface area contributed by atoms with E-state index in [1.54, 1.807) is 11.9 Å². The Hall–Kier alpha value is -3.15. The molecule has 0 N–H and O–H groups in total. The number of hydrogen-bond donors (Lipinski definition) is 0. The van der Waals surface area contributed by atoms with Gasteiger partial charge in [0.1, 0.15) is 5.75 Å². The van der Waals surface area contributed by atoms with Gasteiger partial charge in [-0.05, 0) is 36.6 Å². The first-order valence-electron chi connectivity index (χ1n) is 9.96. The predicted molar refractivity (Wildman–Crippen MR) is 112 cm³/mol. The molecule has 0 unspecified atom stereocenters. The molecule has 1 amide bonds. The molecule has 0 bridgehead atoms. The lowest BCUT2D eigenvalue weighted by Crippen LogP contribution is -2.26. The van der Waals surface area contributed by atoms with E-state index in [2.05, 4.69) is 29.2 Å². The largest absolute Gasteiger partial charge is 0.494 e. The average Bonchev–Trinajstić information content (AvgIpc) is 3.22. The molecule has 0 atom stereocenters. The van der Waals surface area contributed by atoms with Crippen molar-refractivity contribution in [3.05, 3.63) is 65.5 Å². The van der Waals surface area contributed by atoms with Crippen LogP contribution in [0.15, 0.2) is 53.1 Å². The maximum atomic E-state index is 12.4. The lowest BCUT2D eigenvalue weighted by molar-refractivity contribution is -0.130. The summed E-state index contributed by atoms with van der Waals surface area (Å²) in [5.41, 5.74) is 3.23. The molecule has 3 rings (SSSR count). The van der Waals surface area contributed by atoms with Gasteiger partial charge in [-0.25, -0.2) is 0 Å². The van der Waals surface area contributed by atoms with E-state index in [-0.39, 0.29) is 5.91 Å². The molecular weight excluding hydrogens is 366 g/mol. The Balaban J connectivity index is 1.51. The molecular formula is C23H27N3O3. The van der Waals surface area contributed by atoms with Crippen LogP contribution in [0.25, 0.3) is 11.4 Å². The average molecular weight is 393 g/mol. The third-order valence-electron chi connectivity index (χ3n) is 4.72. The second-order valence-electron chi connectivity index (χ2n) is 6.89. The number of nitrogens with zero attached hydrogens (tertiary/aromatic N) is 3. The van der Waals surface area contributed by atoms with Crippen LogP contribution in [0.5, 0.6) is 5.75 Å². The van der Waals surface area contributed by atoms with Gasteiger partial charge in [0.2, 0.25) is 17.6 Å². The molecule has 0 fully saturated rings. The third-order valence-corrected chi connectivity index (χ3v) is 4.72. The molecule has 0 radical (unpaired) electrons. The molecule has 0 aliphatic heterocycles. The molecule has 1 heterocycles. The number of hydrogen-bond acceptors (Lipinski definition) is 5. The minimum atomic E-state index is 0.0333. The number of amides is 1. The van der Waals surface area contributed by atoms with Crippen LogP contribution >= 0.6 is 0 Å². The van der Waals surface area contributed by atoms with Gasteiger partial charge in [-0.15, -0.1) is 0 Å². The summed E-state index contributed by atoms with van der Waals surface area (Å²) in [7, 11) is 1.80. The Morgan fingerprint density at radius 2 is 1.72 bits per heavy atom. The van der Waals surface area contributed by atoms with Crippen LogP contribution in [0.3, 0.4) is 0 Å². The van der Waals surface area contributed by atoms with Crippen molar-refractivity contribution in [3.63, 3.8) is 0 Å². The fourth-order valence-electron chi connectivity index (χ4n) is 2.99. The highest BCUT2D eigenvalue weighted by Crippen LogP contribution is 2.18. The molecule has 0 saturated carbocycles. The van der Waals surface area contributed by atoms with Gasteiger partial charge in [0, 0.05) is 32.0 Å². The number of aromatic nitrogens is 2. The number of ether oxygens (including phenoxy) is 1. The zero-order valence-electron chi connectivity index (χ0n) is 17.2. The Kier molecular flexibility index (Phi) is 7.00. The molecule has 0 saturated heterocycles. The second kappa shape index (κ2) is 9.87. The smallest absolute Gasteiger partial charge is 0.227 e. The summed E-state index contributed by atoms with van der Waals surface area (Å²) in [6, 6.07) is 15.9. The van der Waals surface area contributed by atoms with E-state index in [1.165, 1.54) is 5.56 Å². The first-order chi connectivity index (χ1) is 14.1. The summed E-state index contributed by atoms with van der Waals surface area (Å²) in [5.74, 6) is 1.90. The topological polar surface area (TPSA) is 68.5 Å². The molecule has 6 nitrogen and oxygen atoms in total. The number of carbonyl (C=O) groups excluding carboxylic acids is 1. The van der Waals surface area contributed by atoms with Crippen molar-refractivity contribution in [3.8, 4) is 17.1 Å². The Labute approximate surface area is 171 Å². The maximum absolute atomic E-state index is 12.4. The van der Waals surface area contributed by atoms with E-state index in [0.29, 0.717) is 37.7 Å². The maximum Gasteiger partial charge on any atom is 0.227 e. The minimum Gasteiger partial charge on any atom is -0.494 e. The van der Waals surface area contributed by atoms with E-state index < -0.39 is 0 Å². The Morgan fingerprint density at radius 1 is 1.03 bits per heavy atom. The summed E-state index contributed by atoms with van der Waals surface area (Å²) in [5, 5.41) is 4.03. The summed E-state index contributed by atoms with van der Waals surface area (Å²) >= 11 is 0. The van der Waals surface area contributed by atoms with Gasteiger partial charge in [0.25, 0.3) is 0 Å². The summed E-state index contributed by atoms with van der Waals surface area (Å²) in [6.07, 6.45) is 1.74. The second-order valence-corrected chi connectivity index (χ2v) is 6.89. The lowest BCUT2D eigenvalue weighted by Gasteiger charge is -2.17. The number of carbonyl (C=O) groups is 1. The molecule has 0 aliphatic carbocycles. The monoisotopic (exact) mass is 393 g/mol. The number of rotatable bonds is 9. The summed E-state index contributed by atoms with van der Waals surface area (Å²) < 4.78 is 10.8. The van der Waals surface area contributed by atoms with Gasteiger partial charge in [-0.1, -0.05) is 48.5 Å². The lowest BCUT2D eigenvalue weighted by atomic mass is 10.1. The first-order valence-corrected chi connectivity index (χ1v) is 9.96. The van der Waals surface area contributed by atoms with Crippen molar-refractivity contribution in [2.24, 2.45) is 0 Å². The van der Waals surface area contributed by atoms with Crippen LogP contribution in [-0.2, 0) is 24.2 Å². The first kappa shape index (κ1) is 20.6. The fraction of sp³-hybridized carbons (Fsp3) is 0.348. The van der Waals surface area contributed by atoms with E-state index >= 15 is 0 Å². The van der Waals surface area contributed by atoms with Crippen molar-refractivity contribution in [1.29, 1.82) is 0 Å². The molecule has 3 aromatic rings. The summed E-state index contributed by atoms with van der Waals surface area (Å²) in [4.78, 5) is 18.6. The summed E-state index contributed by atoms with van der Waals surface area (Å²) in [6.45, 7) is 5.25. The zero-order valence-corrected chi connectivity index (χ0v) is 17.2. The quantitative estimate of drug-likeness (QED) is 0.542. The molecule has 1 aromatic heterocycles. The van der Waals surface area contributed by atoms with Gasteiger partial charge in [0.05, 0.1) is 6.61 Å². The SMILES string of the molecule is CCOc1ccc(CN(C)C(=O)CCc2nc(-c3ccc(CC)cc3)no2)cc1. The molecule has 2 aromatic carbocycles. The van der Waals surface area contributed by atoms with Crippen LogP contribution in [0.2, 0.25) is 0 Å². The van der Waals surface area contributed by atoms with Gasteiger partial charge >= 0.3 is 0 Å². The Bertz CT molecular complexity index is 917. The van der Waals surface area contributed by atoms with Crippen molar-refractivity contribution >= 4 is 5.91 Å². The molecule has 29 heavy (non-hydrogen) atoms. The highest BCUT2D eigenvalue weighted by molar-refractivity contribution is 5.76. The van der Waals surface area contributed by atoms with Gasteiger partial charge in [-0.2, -0.15) is 4.98 Å². The van der Waals surface area contributed by atoms with Crippen LogP contribution in [0.1, 0.15) is 37.3 Å².